The monoisotopic (exact) mass is 215 g/mol. The van der Waals surface area contributed by atoms with E-state index in [2.05, 4.69) is 6.92 Å². The molecule has 0 aliphatic rings. The van der Waals surface area contributed by atoms with Gasteiger partial charge in [-0.1, -0.05) is 0 Å². The van der Waals surface area contributed by atoms with Crippen LogP contribution in [0.5, 0.6) is 0 Å². The number of nitrogens with two attached hydrogens (primary N) is 1. The van der Waals surface area contributed by atoms with Crippen molar-refractivity contribution in [3.05, 3.63) is 23.7 Å². The Kier molecular flexibility index (Phi) is 5.07. The predicted octanol–water partition coefficient (Wildman–Crippen LogP) is 1.79. The summed E-state index contributed by atoms with van der Waals surface area (Å²) in [5.41, 5.74) is 6.99. The lowest BCUT2D eigenvalue weighted by molar-refractivity contribution is 0.186. The number of ether oxygens (including phenoxy) is 1. The van der Waals surface area contributed by atoms with Crippen LogP contribution in [0.2, 0.25) is 0 Å². The molecular weight excluding hydrogens is 198 g/mol. The molecule has 0 spiro atoms. The summed E-state index contributed by atoms with van der Waals surface area (Å²) in [7, 11) is 1.67. The van der Waals surface area contributed by atoms with Crippen LogP contribution in [0.4, 0.5) is 0 Å². The molecule has 0 saturated heterocycles. The predicted molar refractivity (Wildman–Crippen MR) is 59.5 cm³/mol. The maximum absolute atomic E-state index is 5.79. The maximum Gasteiger partial charge on any atom is 0.116 e. The normalized spacial score (nSPS) is 13.1. The molecule has 0 saturated carbocycles. The van der Waals surface area contributed by atoms with Crippen LogP contribution in [0, 0.1) is 6.92 Å². The Morgan fingerprint density at radius 1 is 1.64 bits per heavy atom. The second-order valence-corrected chi connectivity index (χ2v) is 4.29. The second kappa shape index (κ2) is 6.11. The van der Waals surface area contributed by atoms with Gasteiger partial charge in [-0.15, -0.1) is 0 Å². The van der Waals surface area contributed by atoms with Crippen molar-refractivity contribution in [1.82, 2.24) is 0 Å². The van der Waals surface area contributed by atoms with E-state index in [9.17, 15) is 0 Å². The van der Waals surface area contributed by atoms with E-state index in [4.69, 9.17) is 14.9 Å². The first-order valence-corrected chi connectivity index (χ1v) is 5.74. The van der Waals surface area contributed by atoms with Crippen LogP contribution in [0.3, 0.4) is 0 Å². The fourth-order valence-corrected chi connectivity index (χ4v) is 2.12. The van der Waals surface area contributed by atoms with Gasteiger partial charge in [-0.2, -0.15) is 11.8 Å². The van der Waals surface area contributed by atoms with Crippen LogP contribution in [-0.2, 0) is 10.5 Å². The van der Waals surface area contributed by atoms with Gasteiger partial charge in [-0.3, -0.25) is 0 Å². The first kappa shape index (κ1) is 11.6. The molecule has 3 nitrogen and oxygen atoms in total. The molecule has 1 atom stereocenters. The minimum atomic E-state index is 0.111. The van der Waals surface area contributed by atoms with Crippen LogP contribution >= 0.6 is 11.8 Å². The van der Waals surface area contributed by atoms with Crippen molar-refractivity contribution in [2.45, 2.75) is 18.7 Å². The zero-order valence-corrected chi connectivity index (χ0v) is 9.47. The summed E-state index contributed by atoms with van der Waals surface area (Å²) in [4.78, 5) is 0. The Labute approximate surface area is 89.0 Å². The van der Waals surface area contributed by atoms with Crippen molar-refractivity contribution < 1.29 is 9.15 Å². The van der Waals surface area contributed by atoms with Crippen molar-refractivity contribution in [2.75, 3.05) is 19.5 Å². The highest BCUT2D eigenvalue weighted by molar-refractivity contribution is 7.98. The molecule has 0 aromatic carbocycles. The molecule has 1 unspecified atom stereocenters. The van der Waals surface area contributed by atoms with Gasteiger partial charge in [0, 0.05) is 18.9 Å². The van der Waals surface area contributed by atoms with Gasteiger partial charge in [0.25, 0.3) is 0 Å². The molecule has 80 valence electrons. The third kappa shape index (κ3) is 3.74. The Hall–Kier alpha value is -0.450. The number of hydrogen-bond acceptors (Lipinski definition) is 4. The van der Waals surface area contributed by atoms with Gasteiger partial charge in [0.2, 0.25) is 0 Å². The second-order valence-electron chi connectivity index (χ2n) is 3.26. The van der Waals surface area contributed by atoms with E-state index in [1.807, 2.05) is 6.07 Å². The molecule has 1 heterocycles. The minimum Gasteiger partial charge on any atom is -0.468 e. The first-order valence-electron chi connectivity index (χ1n) is 4.59. The number of thioether (sulfide) groups is 1. The molecular formula is C10H17NO2S. The Bertz CT molecular complexity index is 262. The number of hydrogen-bond donors (Lipinski definition) is 1. The average molecular weight is 215 g/mol. The van der Waals surface area contributed by atoms with Crippen LogP contribution in [0.15, 0.2) is 16.7 Å². The zero-order chi connectivity index (χ0) is 10.4. The quantitative estimate of drug-likeness (QED) is 0.786. The van der Waals surface area contributed by atoms with Crippen molar-refractivity contribution in [1.29, 1.82) is 0 Å². The fraction of sp³-hybridized carbons (Fsp3) is 0.600. The van der Waals surface area contributed by atoms with E-state index in [-0.39, 0.29) is 6.04 Å². The maximum atomic E-state index is 5.79. The minimum absolute atomic E-state index is 0.111. The van der Waals surface area contributed by atoms with E-state index in [1.54, 1.807) is 25.1 Å². The molecule has 0 aliphatic heterocycles. The summed E-state index contributed by atoms with van der Waals surface area (Å²) < 4.78 is 10.3. The van der Waals surface area contributed by atoms with Crippen molar-refractivity contribution in [3.63, 3.8) is 0 Å². The molecule has 0 fully saturated rings. The lowest BCUT2D eigenvalue weighted by Crippen LogP contribution is -2.28. The standard InChI is InChI=1S/C10H17NO2S/c1-8-3-4-13-10(8)7-14-6-9(11)5-12-2/h3-4,9H,5-7,11H2,1-2H3. The van der Waals surface area contributed by atoms with Crippen molar-refractivity contribution in [2.24, 2.45) is 5.73 Å². The van der Waals surface area contributed by atoms with E-state index >= 15 is 0 Å². The summed E-state index contributed by atoms with van der Waals surface area (Å²) in [5, 5.41) is 0. The Balaban J connectivity index is 2.19. The fourth-order valence-electron chi connectivity index (χ4n) is 1.12. The van der Waals surface area contributed by atoms with E-state index in [1.165, 1.54) is 5.56 Å². The molecule has 1 rings (SSSR count). The lowest BCUT2D eigenvalue weighted by Gasteiger charge is -2.08. The number of rotatable bonds is 6. The Morgan fingerprint density at radius 2 is 2.43 bits per heavy atom. The molecule has 1 aromatic rings. The zero-order valence-electron chi connectivity index (χ0n) is 8.66. The van der Waals surface area contributed by atoms with Crippen molar-refractivity contribution in [3.8, 4) is 0 Å². The lowest BCUT2D eigenvalue weighted by atomic mass is 10.3. The summed E-state index contributed by atoms with van der Waals surface area (Å²) in [6.07, 6.45) is 1.72. The summed E-state index contributed by atoms with van der Waals surface area (Å²) in [6, 6.07) is 2.09. The van der Waals surface area contributed by atoms with Crippen LogP contribution < -0.4 is 5.73 Å². The number of methoxy groups -OCH3 is 1. The van der Waals surface area contributed by atoms with Crippen LogP contribution in [-0.4, -0.2) is 25.5 Å². The average Bonchev–Trinajstić information content (AvgIpc) is 2.52. The van der Waals surface area contributed by atoms with Crippen molar-refractivity contribution >= 4 is 11.8 Å². The molecule has 2 N–H and O–H groups in total. The van der Waals surface area contributed by atoms with E-state index < -0.39 is 0 Å². The molecule has 4 heteroatoms. The van der Waals surface area contributed by atoms with Gasteiger partial charge in [0.05, 0.1) is 18.6 Å². The van der Waals surface area contributed by atoms with Gasteiger partial charge in [0.15, 0.2) is 0 Å². The third-order valence-corrected chi connectivity index (χ3v) is 3.04. The summed E-state index contributed by atoms with van der Waals surface area (Å²) in [6.45, 7) is 2.67. The first-order chi connectivity index (χ1) is 6.74. The highest BCUT2D eigenvalue weighted by atomic mass is 32.2. The van der Waals surface area contributed by atoms with Gasteiger partial charge < -0.3 is 14.9 Å². The number of aryl methyl sites for hydroxylation is 1. The highest BCUT2D eigenvalue weighted by Crippen LogP contribution is 2.17. The summed E-state index contributed by atoms with van der Waals surface area (Å²) in [5.74, 6) is 2.82. The topological polar surface area (TPSA) is 48.4 Å². The van der Waals surface area contributed by atoms with Gasteiger partial charge >= 0.3 is 0 Å². The number of furan rings is 1. The Morgan fingerprint density at radius 3 is 3.00 bits per heavy atom. The van der Waals surface area contributed by atoms with Crippen LogP contribution in [0.25, 0.3) is 0 Å². The largest absolute Gasteiger partial charge is 0.468 e. The van der Waals surface area contributed by atoms with Gasteiger partial charge in [0.1, 0.15) is 5.76 Å². The molecule has 0 aliphatic carbocycles. The van der Waals surface area contributed by atoms with Crippen LogP contribution in [0.1, 0.15) is 11.3 Å². The van der Waals surface area contributed by atoms with Gasteiger partial charge in [-0.05, 0) is 18.6 Å². The molecule has 0 radical (unpaired) electrons. The SMILES string of the molecule is COCC(N)CSCc1occc1C. The molecule has 0 amide bonds. The highest BCUT2D eigenvalue weighted by Gasteiger charge is 2.05. The third-order valence-electron chi connectivity index (χ3n) is 1.91. The molecule has 1 aromatic heterocycles. The van der Waals surface area contributed by atoms with E-state index in [0.29, 0.717) is 6.61 Å². The molecule has 0 bridgehead atoms. The molecule has 14 heavy (non-hydrogen) atoms. The van der Waals surface area contributed by atoms with E-state index in [0.717, 1.165) is 17.3 Å². The smallest absolute Gasteiger partial charge is 0.116 e. The van der Waals surface area contributed by atoms with Gasteiger partial charge in [-0.25, -0.2) is 0 Å². The summed E-state index contributed by atoms with van der Waals surface area (Å²) >= 11 is 1.77.